The van der Waals surface area contributed by atoms with E-state index >= 15 is 0 Å². The van der Waals surface area contributed by atoms with Crippen molar-refractivity contribution in [2.75, 3.05) is 26.7 Å². The second kappa shape index (κ2) is 6.43. The summed E-state index contributed by atoms with van der Waals surface area (Å²) in [7, 11) is 1.58. The Hall–Kier alpha value is -1.63. The van der Waals surface area contributed by atoms with Crippen molar-refractivity contribution in [1.82, 2.24) is 15.1 Å². The van der Waals surface area contributed by atoms with Crippen molar-refractivity contribution in [3.63, 3.8) is 0 Å². The molecule has 0 radical (unpaired) electrons. The zero-order chi connectivity index (χ0) is 15.5. The molecule has 7 nitrogen and oxygen atoms in total. The highest BCUT2D eigenvalue weighted by atomic mass is 16.3. The molecule has 0 unspecified atom stereocenters. The van der Waals surface area contributed by atoms with E-state index in [-0.39, 0.29) is 44.0 Å². The lowest BCUT2D eigenvalue weighted by molar-refractivity contribution is -0.127. The standard InChI is InChI=1S/C14H23N3O4/c1-16-9-12(20)17(13(16)21)8-4-5-11(19)15-14(10-18)6-2-3-7-14/h18H,2-10H2,1H3,(H,15,19). The van der Waals surface area contributed by atoms with E-state index in [0.717, 1.165) is 25.7 Å². The van der Waals surface area contributed by atoms with Crippen molar-refractivity contribution in [2.24, 2.45) is 0 Å². The van der Waals surface area contributed by atoms with Gasteiger partial charge in [0, 0.05) is 20.0 Å². The molecule has 2 rings (SSSR count). The maximum absolute atomic E-state index is 11.9. The first-order valence-corrected chi connectivity index (χ1v) is 7.45. The van der Waals surface area contributed by atoms with Crippen molar-refractivity contribution in [3.05, 3.63) is 0 Å². The third kappa shape index (κ3) is 3.53. The summed E-state index contributed by atoms with van der Waals surface area (Å²) >= 11 is 0. The van der Waals surface area contributed by atoms with E-state index in [2.05, 4.69) is 5.32 Å². The zero-order valence-corrected chi connectivity index (χ0v) is 12.4. The number of nitrogens with one attached hydrogen (secondary N) is 1. The number of urea groups is 1. The Morgan fingerprint density at radius 2 is 2.00 bits per heavy atom. The number of nitrogens with zero attached hydrogens (tertiary/aromatic N) is 2. The second-order valence-corrected chi connectivity index (χ2v) is 5.98. The maximum atomic E-state index is 11.9. The Bertz CT molecular complexity index is 432. The molecule has 2 aliphatic rings. The molecule has 21 heavy (non-hydrogen) atoms. The minimum atomic E-state index is -0.462. The van der Waals surface area contributed by atoms with Gasteiger partial charge in [-0.15, -0.1) is 0 Å². The molecule has 1 aliphatic heterocycles. The summed E-state index contributed by atoms with van der Waals surface area (Å²) in [6.45, 7) is 0.340. The summed E-state index contributed by atoms with van der Waals surface area (Å²) in [5, 5.41) is 12.4. The van der Waals surface area contributed by atoms with Crippen LogP contribution in [0.15, 0.2) is 0 Å². The van der Waals surface area contributed by atoms with Gasteiger partial charge in [0.1, 0.15) is 6.54 Å². The van der Waals surface area contributed by atoms with E-state index in [1.807, 2.05) is 0 Å². The van der Waals surface area contributed by atoms with Gasteiger partial charge in [-0.25, -0.2) is 4.79 Å². The topological polar surface area (TPSA) is 90.0 Å². The fourth-order valence-electron chi connectivity index (χ4n) is 3.02. The van der Waals surface area contributed by atoms with E-state index in [4.69, 9.17) is 0 Å². The van der Waals surface area contributed by atoms with Crippen molar-refractivity contribution >= 4 is 17.8 Å². The number of likely N-dealkylation sites (N-methyl/N-ethyl adjacent to an activating group) is 1. The Morgan fingerprint density at radius 3 is 2.52 bits per heavy atom. The van der Waals surface area contributed by atoms with Gasteiger partial charge in [-0.05, 0) is 19.3 Å². The van der Waals surface area contributed by atoms with Gasteiger partial charge in [-0.2, -0.15) is 0 Å². The van der Waals surface area contributed by atoms with Crippen LogP contribution < -0.4 is 5.32 Å². The SMILES string of the molecule is CN1CC(=O)N(CCCC(=O)NC2(CO)CCCC2)C1=O. The van der Waals surface area contributed by atoms with Crippen LogP contribution >= 0.6 is 0 Å². The molecule has 7 heteroatoms. The van der Waals surface area contributed by atoms with Gasteiger partial charge in [0.2, 0.25) is 11.8 Å². The van der Waals surface area contributed by atoms with Gasteiger partial charge in [0.25, 0.3) is 0 Å². The molecule has 2 fully saturated rings. The fraction of sp³-hybridized carbons (Fsp3) is 0.786. The minimum Gasteiger partial charge on any atom is -0.394 e. The first-order valence-electron chi connectivity index (χ1n) is 7.45. The molecule has 0 spiro atoms. The molecule has 0 aromatic carbocycles. The quantitative estimate of drug-likeness (QED) is 0.680. The summed E-state index contributed by atoms with van der Waals surface area (Å²) in [6.07, 6.45) is 4.35. The lowest BCUT2D eigenvalue weighted by Crippen LogP contribution is -2.49. The van der Waals surface area contributed by atoms with Gasteiger partial charge in [-0.1, -0.05) is 12.8 Å². The smallest absolute Gasteiger partial charge is 0.326 e. The normalized spacial score (nSPS) is 21.2. The van der Waals surface area contributed by atoms with Gasteiger partial charge in [0.15, 0.2) is 0 Å². The van der Waals surface area contributed by atoms with Crippen LogP contribution in [0.3, 0.4) is 0 Å². The Labute approximate surface area is 124 Å². The molecular formula is C14H23N3O4. The zero-order valence-electron chi connectivity index (χ0n) is 12.4. The number of rotatable bonds is 6. The third-order valence-corrected chi connectivity index (χ3v) is 4.28. The van der Waals surface area contributed by atoms with E-state index in [1.165, 1.54) is 9.80 Å². The molecular weight excluding hydrogens is 274 g/mol. The van der Waals surface area contributed by atoms with Crippen LogP contribution in [0.2, 0.25) is 0 Å². The summed E-state index contributed by atoms with van der Waals surface area (Å²) in [5.74, 6) is -0.344. The van der Waals surface area contributed by atoms with Crippen LogP contribution in [0, 0.1) is 0 Å². The first-order chi connectivity index (χ1) is 9.97. The molecule has 1 saturated carbocycles. The molecule has 0 atom stereocenters. The second-order valence-electron chi connectivity index (χ2n) is 5.98. The van der Waals surface area contributed by atoms with E-state index in [0.29, 0.717) is 6.42 Å². The third-order valence-electron chi connectivity index (χ3n) is 4.28. The largest absolute Gasteiger partial charge is 0.394 e. The first kappa shape index (κ1) is 15.8. The van der Waals surface area contributed by atoms with Gasteiger partial charge in [-0.3, -0.25) is 14.5 Å². The summed E-state index contributed by atoms with van der Waals surface area (Å²) in [4.78, 5) is 37.7. The summed E-state index contributed by atoms with van der Waals surface area (Å²) < 4.78 is 0. The Morgan fingerprint density at radius 1 is 1.33 bits per heavy atom. The molecule has 4 amide bonds. The number of carbonyl (C=O) groups is 3. The molecule has 1 aliphatic carbocycles. The van der Waals surface area contributed by atoms with E-state index in [9.17, 15) is 19.5 Å². The minimum absolute atomic E-state index is 0.0351. The predicted octanol–water partition coefficient (Wildman–Crippen LogP) is 0.0819. The Kier molecular flexibility index (Phi) is 4.82. The van der Waals surface area contributed by atoms with Crippen molar-refractivity contribution < 1.29 is 19.5 Å². The van der Waals surface area contributed by atoms with Gasteiger partial charge in [0.05, 0.1) is 12.1 Å². The highest BCUT2D eigenvalue weighted by molar-refractivity contribution is 6.01. The number of hydrogen-bond acceptors (Lipinski definition) is 4. The van der Waals surface area contributed by atoms with Crippen molar-refractivity contribution in [1.29, 1.82) is 0 Å². The lowest BCUT2D eigenvalue weighted by Gasteiger charge is -2.28. The number of imide groups is 1. The predicted molar refractivity (Wildman–Crippen MR) is 75.4 cm³/mol. The van der Waals surface area contributed by atoms with Crippen LogP contribution in [0.25, 0.3) is 0 Å². The molecule has 118 valence electrons. The molecule has 1 saturated heterocycles. The molecule has 0 aromatic heterocycles. The lowest BCUT2D eigenvalue weighted by atomic mass is 9.98. The summed E-state index contributed by atoms with van der Waals surface area (Å²) in [6, 6.07) is -0.303. The number of aliphatic hydroxyl groups excluding tert-OH is 1. The monoisotopic (exact) mass is 297 g/mol. The molecule has 0 aromatic rings. The Balaban J connectivity index is 1.74. The molecule has 1 heterocycles. The summed E-state index contributed by atoms with van der Waals surface area (Å²) in [5.41, 5.74) is -0.462. The van der Waals surface area contributed by atoms with Crippen molar-refractivity contribution in [2.45, 2.75) is 44.1 Å². The van der Waals surface area contributed by atoms with Crippen LogP contribution in [0.1, 0.15) is 38.5 Å². The highest BCUT2D eigenvalue weighted by Crippen LogP contribution is 2.29. The average molecular weight is 297 g/mol. The highest BCUT2D eigenvalue weighted by Gasteiger charge is 2.35. The van der Waals surface area contributed by atoms with Crippen LogP contribution in [0.4, 0.5) is 4.79 Å². The van der Waals surface area contributed by atoms with E-state index < -0.39 is 5.54 Å². The fourth-order valence-corrected chi connectivity index (χ4v) is 3.02. The van der Waals surface area contributed by atoms with E-state index in [1.54, 1.807) is 7.05 Å². The number of hydrogen-bond donors (Lipinski definition) is 2. The van der Waals surface area contributed by atoms with Gasteiger partial charge >= 0.3 is 6.03 Å². The maximum Gasteiger partial charge on any atom is 0.326 e. The van der Waals surface area contributed by atoms with Gasteiger partial charge < -0.3 is 15.3 Å². The molecule has 0 bridgehead atoms. The van der Waals surface area contributed by atoms with Crippen LogP contribution in [-0.4, -0.2) is 65.0 Å². The number of amides is 4. The van der Waals surface area contributed by atoms with Crippen LogP contribution in [0.5, 0.6) is 0 Å². The van der Waals surface area contributed by atoms with Crippen molar-refractivity contribution in [3.8, 4) is 0 Å². The average Bonchev–Trinajstić information content (AvgIpc) is 2.99. The number of carbonyl (C=O) groups excluding carboxylic acids is 3. The molecule has 2 N–H and O–H groups in total. The number of aliphatic hydroxyl groups is 1. The van der Waals surface area contributed by atoms with Crippen LogP contribution in [-0.2, 0) is 9.59 Å².